The van der Waals surface area contributed by atoms with E-state index in [0.29, 0.717) is 0 Å². The van der Waals surface area contributed by atoms with E-state index in [2.05, 4.69) is 44.5 Å². The lowest BCUT2D eigenvalue weighted by molar-refractivity contribution is 0.673. The third-order valence-corrected chi connectivity index (χ3v) is 7.16. The van der Waals surface area contributed by atoms with E-state index in [9.17, 15) is 4.21 Å². The lowest BCUT2D eigenvalue weighted by atomic mass is 10.2. The minimum Gasteiger partial charge on any atom is -0.370 e. The highest BCUT2D eigenvalue weighted by atomic mass is 32.2. The summed E-state index contributed by atoms with van der Waals surface area (Å²) in [6.45, 7) is 3.76. The molecule has 1 aliphatic heterocycles. The number of anilines is 1. The van der Waals surface area contributed by atoms with Crippen LogP contribution in [0.25, 0.3) is 21.1 Å². The van der Waals surface area contributed by atoms with Crippen LogP contribution in [0.3, 0.4) is 0 Å². The molecule has 4 rings (SSSR count). The van der Waals surface area contributed by atoms with Gasteiger partial charge < -0.3 is 4.90 Å². The quantitative estimate of drug-likeness (QED) is 0.698. The predicted molar refractivity (Wildman–Crippen MR) is 103 cm³/mol. The number of rotatable bonds is 3. The third-order valence-electron chi connectivity index (χ3n) is 4.04. The summed E-state index contributed by atoms with van der Waals surface area (Å²) in [7, 11) is -0.636. The molecule has 0 spiro atoms. The largest absolute Gasteiger partial charge is 0.370 e. The highest BCUT2D eigenvalue weighted by Crippen LogP contribution is 2.33. The molecular weight excluding hydrogens is 358 g/mol. The van der Waals surface area contributed by atoms with E-state index in [1.165, 1.54) is 11.3 Å². The summed E-state index contributed by atoms with van der Waals surface area (Å²) in [6.07, 6.45) is 1.92. The zero-order valence-corrected chi connectivity index (χ0v) is 15.7. The second-order valence-corrected chi connectivity index (χ2v) is 9.45. The third kappa shape index (κ3) is 3.29. The zero-order chi connectivity index (χ0) is 16.5. The molecule has 0 bridgehead atoms. The molecule has 1 saturated heterocycles. The first-order valence-electron chi connectivity index (χ1n) is 7.78. The summed E-state index contributed by atoms with van der Waals surface area (Å²) >= 11 is 3.32. The number of thiazole rings is 2. The summed E-state index contributed by atoms with van der Waals surface area (Å²) in [5.41, 5.74) is 3.34. The summed E-state index contributed by atoms with van der Waals surface area (Å²) in [6, 6.07) is 8.58. The monoisotopic (exact) mass is 375 g/mol. The van der Waals surface area contributed by atoms with Crippen molar-refractivity contribution in [2.24, 2.45) is 0 Å². The van der Waals surface area contributed by atoms with Crippen LogP contribution in [-0.4, -0.2) is 38.8 Å². The summed E-state index contributed by atoms with van der Waals surface area (Å²) in [5.74, 6) is 1.54. The van der Waals surface area contributed by atoms with Crippen molar-refractivity contribution >= 4 is 39.2 Å². The lowest BCUT2D eigenvalue weighted by Crippen LogP contribution is -2.37. The molecule has 0 saturated carbocycles. The summed E-state index contributed by atoms with van der Waals surface area (Å²) in [5, 5.41) is 4.09. The van der Waals surface area contributed by atoms with Gasteiger partial charge in [0.2, 0.25) is 0 Å². The van der Waals surface area contributed by atoms with E-state index in [0.717, 1.165) is 45.2 Å². The van der Waals surface area contributed by atoms with Crippen molar-refractivity contribution in [3.63, 3.8) is 0 Å². The molecule has 0 radical (unpaired) electrons. The molecule has 1 aliphatic rings. The van der Waals surface area contributed by atoms with Gasteiger partial charge >= 0.3 is 0 Å². The average Bonchev–Trinajstić information content (AvgIpc) is 3.25. The van der Waals surface area contributed by atoms with Crippen molar-refractivity contribution in [1.29, 1.82) is 0 Å². The van der Waals surface area contributed by atoms with Crippen molar-refractivity contribution in [3.05, 3.63) is 40.8 Å². The molecule has 2 aromatic heterocycles. The smallest absolute Gasteiger partial charge is 0.143 e. The molecule has 124 valence electrons. The Balaban J connectivity index is 1.53. The zero-order valence-electron chi connectivity index (χ0n) is 13.3. The van der Waals surface area contributed by atoms with Gasteiger partial charge in [0.25, 0.3) is 0 Å². The molecule has 0 unspecified atom stereocenters. The van der Waals surface area contributed by atoms with Crippen LogP contribution in [-0.2, 0) is 10.8 Å². The van der Waals surface area contributed by atoms with E-state index in [-0.39, 0.29) is 0 Å². The van der Waals surface area contributed by atoms with Gasteiger partial charge in [-0.1, -0.05) is 12.1 Å². The standard InChI is InChI=1S/C17H17N3OS3/c1-12-19-15(11-22-12)17-18-10-16(23-17)13-2-4-14(5-3-13)20-6-8-24(21)9-7-20/h2-5,10-11H,6-9H2,1H3. The van der Waals surface area contributed by atoms with Crippen LogP contribution >= 0.6 is 22.7 Å². The van der Waals surface area contributed by atoms with Crippen LogP contribution in [0.15, 0.2) is 35.8 Å². The molecule has 24 heavy (non-hydrogen) atoms. The van der Waals surface area contributed by atoms with Crippen LogP contribution in [0.5, 0.6) is 0 Å². The summed E-state index contributed by atoms with van der Waals surface area (Å²) < 4.78 is 11.5. The maximum atomic E-state index is 11.5. The Kier molecular flexibility index (Phi) is 4.47. The maximum absolute atomic E-state index is 11.5. The van der Waals surface area contributed by atoms with Gasteiger partial charge in [-0.15, -0.1) is 22.7 Å². The molecule has 1 aromatic carbocycles. The second kappa shape index (κ2) is 6.74. The maximum Gasteiger partial charge on any atom is 0.143 e. The first-order valence-corrected chi connectivity index (χ1v) is 11.0. The van der Waals surface area contributed by atoms with E-state index in [1.807, 2.05) is 13.1 Å². The molecule has 7 heteroatoms. The topological polar surface area (TPSA) is 46.1 Å². The fraction of sp³-hybridized carbons (Fsp3) is 0.294. The number of aryl methyl sites for hydroxylation is 1. The van der Waals surface area contributed by atoms with Gasteiger partial charge in [0, 0.05) is 52.7 Å². The van der Waals surface area contributed by atoms with E-state index < -0.39 is 10.8 Å². The number of hydrogen-bond donors (Lipinski definition) is 0. The Morgan fingerprint density at radius 1 is 1.17 bits per heavy atom. The van der Waals surface area contributed by atoms with Crippen molar-refractivity contribution < 1.29 is 4.21 Å². The second-order valence-electron chi connectivity index (χ2n) is 5.66. The van der Waals surface area contributed by atoms with Crippen LogP contribution in [0, 0.1) is 6.92 Å². The number of nitrogens with zero attached hydrogens (tertiary/aromatic N) is 3. The molecule has 4 nitrogen and oxygen atoms in total. The fourth-order valence-electron chi connectivity index (χ4n) is 2.72. The van der Waals surface area contributed by atoms with Crippen LogP contribution in [0.1, 0.15) is 5.01 Å². The minimum absolute atomic E-state index is 0.636. The summed E-state index contributed by atoms with van der Waals surface area (Å²) in [4.78, 5) is 12.5. The van der Waals surface area contributed by atoms with Gasteiger partial charge in [-0.05, 0) is 24.6 Å². The predicted octanol–water partition coefficient (Wildman–Crippen LogP) is 3.81. The number of aromatic nitrogens is 2. The molecular formula is C17H17N3OS3. The molecule has 3 heterocycles. The Morgan fingerprint density at radius 2 is 1.92 bits per heavy atom. The van der Waals surface area contributed by atoms with Crippen LogP contribution in [0.4, 0.5) is 5.69 Å². The van der Waals surface area contributed by atoms with E-state index in [4.69, 9.17) is 0 Å². The van der Waals surface area contributed by atoms with Crippen molar-refractivity contribution in [1.82, 2.24) is 9.97 Å². The molecule has 3 aromatic rings. The van der Waals surface area contributed by atoms with Crippen molar-refractivity contribution in [2.45, 2.75) is 6.92 Å². The van der Waals surface area contributed by atoms with Crippen LogP contribution < -0.4 is 4.90 Å². The normalized spacial score (nSPS) is 15.8. The SMILES string of the molecule is Cc1nc(-c2ncc(-c3ccc(N4CCS(=O)CC4)cc3)s2)cs1. The molecule has 0 N–H and O–H groups in total. The van der Waals surface area contributed by atoms with Gasteiger partial charge in [-0.25, -0.2) is 9.97 Å². The lowest BCUT2D eigenvalue weighted by Gasteiger charge is -2.28. The fourth-order valence-corrected chi connectivity index (χ4v) is 5.33. The molecule has 0 amide bonds. The highest BCUT2D eigenvalue weighted by Gasteiger charge is 2.16. The Hall–Kier alpha value is -1.57. The van der Waals surface area contributed by atoms with Gasteiger partial charge in [-0.3, -0.25) is 4.21 Å². The van der Waals surface area contributed by atoms with Crippen molar-refractivity contribution in [2.75, 3.05) is 29.5 Å². The van der Waals surface area contributed by atoms with Crippen LogP contribution in [0.2, 0.25) is 0 Å². The van der Waals surface area contributed by atoms with Gasteiger partial charge in [0.15, 0.2) is 0 Å². The Labute approximate surface area is 151 Å². The van der Waals surface area contributed by atoms with Crippen molar-refractivity contribution in [3.8, 4) is 21.1 Å². The van der Waals surface area contributed by atoms with E-state index in [1.54, 1.807) is 22.7 Å². The van der Waals surface area contributed by atoms with E-state index >= 15 is 0 Å². The molecule has 0 atom stereocenters. The first kappa shape index (κ1) is 15.9. The average molecular weight is 376 g/mol. The van der Waals surface area contributed by atoms with Gasteiger partial charge in [-0.2, -0.15) is 0 Å². The number of hydrogen-bond acceptors (Lipinski definition) is 6. The number of benzene rings is 1. The Bertz CT molecular complexity index is 859. The van der Waals surface area contributed by atoms with Gasteiger partial charge in [0.1, 0.15) is 10.7 Å². The Morgan fingerprint density at radius 3 is 2.58 bits per heavy atom. The van der Waals surface area contributed by atoms with Gasteiger partial charge in [0.05, 0.1) is 9.88 Å². The minimum atomic E-state index is -0.636. The first-order chi connectivity index (χ1) is 11.7. The molecule has 0 aliphatic carbocycles. The molecule has 1 fully saturated rings. The highest BCUT2D eigenvalue weighted by molar-refractivity contribution is 7.85.